The van der Waals surface area contributed by atoms with Gasteiger partial charge in [0.1, 0.15) is 11.2 Å². The number of oxazole rings is 1. The van der Waals surface area contributed by atoms with Crippen molar-refractivity contribution in [3.63, 3.8) is 0 Å². The van der Waals surface area contributed by atoms with Gasteiger partial charge in [-0.3, -0.25) is 0 Å². The van der Waals surface area contributed by atoms with Crippen LogP contribution in [0, 0.1) is 0 Å². The third kappa shape index (κ3) is 2.99. The predicted octanol–water partition coefficient (Wildman–Crippen LogP) is 5.72. The van der Waals surface area contributed by atoms with E-state index in [0.29, 0.717) is 11.6 Å². The van der Waals surface area contributed by atoms with Crippen molar-refractivity contribution in [2.75, 3.05) is 0 Å². The number of para-hydroxylation sites is 2. The van der Waals surface area contributed by atoms with E-state index in [1.807, 2.05) is 66.7 Å². The summed E-state index contributed by atoms with van der Waals surface area (Å²) in [6.45, 7) is 0. The molecular weight excluding hydrogens is 350 g/mol. The van der Waals surface area contributed by atoms with E-state index in [1.54, 1.807) is 0 Å². The minimum absolute atomic E-state index is 0.536. The van der Waals surface area contributed by atoms with Crippen LogP contribution in [-0.4, -0.2) is 15.4 Å². The van der Waals surface area contributed by atoms with Gasteiger partial charge in [0.25, 0.3) is 0 Å². The van der Waals surface area contributed by atoms with Gasteiger partial charge >= 0.3 is 0 Å². The van der Waals surface area contributed by atoms with E-state index in [0.717, 1.165) is 33.4 Å². The van der Waals surface area contributed by atoms with Crippen molar-refractivity contribution in [1.82, 2.24) is 15.4 Å². The number of nitrogens with zero attached hydrogens (tertiary/aromatic N) is 3. The van der Waals surface area contributed by atoms with E-state index in [-0.39, 0.29) is 0 Å². The van der Waals surface area contributed by atoms with Crippen LogP contribution in [-0.2, 0) is 0 Å². The zero-order chi connectivity index (χ0) is 18.8. The Bertz CT molecular complexity index is 1220. The molecule has 0 amide bonds. The molecule has 0 spiro atoms. The summed E-state index contributed by atoms with van der Waals surface area (Å²) < 4.78 is 11.0. The van der Waals surface area contributed by atoms with Crippen molar-refractivity contribution >= 4 is 23.3 Å². The lowest BCUT2D eigenvalue weighted by Gasteiger charge is -2.07. The molecule has 5 heteroatoms. The number of rotatable bonds is 4. The Kier molecular flexibility index (Phi) is 4.03. The average molecular weight is 365 g/mol. The molecule has 5 nitrogen and oxygen atoms in total. The molecule has 0 atom stereocenters. The zero-order valence-corrected chi connectivity index (χ0v) is 14.8. The molecular formula is C23H15N3O2. The molecule has 134 valence electrons. The highest BCUT2D eigenvalue weighted by atomic mass is 16.5. The Morgan fingerprint density at radius 3 is 2.46 bits per heavy atom. The van der Waals surface area contributed by atoms with Crippen molar-refractivity contribution in [1.29, 1.82) is 0 Å². The summed E-state index contributed by atoms with van der Waals surface area (Å²) in [4.78, 5) is 4.64. The van der Waals surface area contributed by atoms with E-state index >= 15 is 0 Å². The zero-order valence-electron chi connectivity index (χ0n) is 14.8. The van der Waals surface area contributed by atoms with Crippen LogP contribution in [0.25, 0.3) is 46.0 Å². The number of hydrogen-bond donors (Lipinski definition) is 0. The summed E-state index contributed by atoms with van der Waals surface area (Å²) in [5, 5.41) is 7.76. The molecule has 5 aromatic rings. The first kappa shape index (κ1) is 16.2. The first-order valence-corrected chi connectivity index (χ1v) is 8.88. The normalized spacial score (nSPS) is 11.4. The van der Waals surface area contributed by atoms with Gasteiger partial charge in [0.05, 0.1) is 0 Å². The second-order valence-electron chi connectivity index (χ2n) is 6.29. The fourth-order valence-electron chi connectivity index (χ4n) is 3.18. The highest BCUT2D eigenvalue weighted by Crippen LogP contribution is 2.35. The summed E-state index contributed by atoms with van der Waals surface area (Å²) in [5.41, 5.74) is 5.97. The molecule has 28 heavy (non-hydrogen) atoms. The largest absolute Gasteiger partial charge is 0.436 e. The monoisotopic (exact) mass is 365 g/mol. The molecule has 3 aromatic carbocycles. The molecule has 0 bridgehead atoms. The predicted molar refractivity (Wildman–Crippen MR) is 108 cm³/mol. The third-order valence-electron chi connectivity index (χ3n) is 4.49. The molecule has 0 N–H and O–H groups in total. The van der Waals surface area contributed by atoms with Crippen LogP contribution in [0.1, 0.15) is 11.1 Å². The number of fused-ring (bicyclic) bond motifs is 1. The molecule has 0 aliphatic heterocycles. The average Bonchev–Trinajstić information content (AvgIpc) is 3.42. The fourth-order valence-corrected chi connectivity index (χ4v) is 3.18. The second kappa shape index (κ2) is 6.96. The van der Waals surface area contributed by atoms with E-state index in [4.69, 9.17) is 8.94 Å². The molecule has 0 radical (unpaired) electrons. The lowest BCUT2D eigenvalue weighted by atomic mass is 9.97. The number of benzene rings is 3. The van der Waals surface area contributed by atoms with Crippen molar-refractivity contribution in [2.45, 2.75) is 0 Å². The maximum atomic E-state index is 6.00. The van der Waals surface area contributed by atoms with Gasteiger partial charge in [-0.1, -0.05) is 66.7 Å². The van der Waals surface area contributed by atoms with Crippen LogP contribution in [0.3, 0.4) is 0 Å². The standard InChI is InChI=1S/C23H15N3O2/c1-2-7-16(8-3-1)13-14-17-9-6-10-18(22(17)20-15-27-26-25-20)23-24-19-11-4-5-12-21(19)28-23/h1-15H. The van der Waals surface area contributed by atoms with Gasteiger partial charge in [-0.05, 0) is 29.3 Å². The maximum absolute atomic E-state index is 6.00. The van der Waals surface area contributed by atoms with Gasteiger partial charge in [-0.15, -0.1) is 5.10 Å². The summed E-state index contributed by atoms with van der Waals surface area (Å²) in [6, 6.07) is 23.8. The van der Waals surface area contributed by atoms with E-state index in [9.17, 15) is 0 Å². The van der Waals surface area contributed by atoms with Crippen LogP contribution in [0.4, 0.5) is 0 Å². The quantitative estimate of drug-likeness (QED) is 0.381. The van der Waals surface area contributed by atoms with Gasteiger partial charge in [-0.2, -0.15) is 0 Å². The Balaban J connectivity index is 1.68. The van der Waals surface area contributed by atoms with Gasteiger partial charge in [0.15, 0.2) is 11.8 Å². The first-order valence-electron chi connectivity index (χ1n) is 8.88. The molecule has 5 rings (SSSR count). The van der Waals surface area contributed by atoms with Crippen LogP contribution >= 0.6 is 0 Å². The third-order valence-corrected chi connectivity index (χ3v) is 4.49. The molecule has 2 heterocycles. The second-order valence-corrected chi connectivity index (χ2v) is 6.29. The van der Waals surface area contributed by atoms with Gasteiger partial charge < -0.3 is 8.94 Å². The molecule has 0 fully saturated rings. The Morgan fingerprint density at radius 1 is 0.786 bits per heavy atom. The van der Waals surface area contributed by atoms with Crippen LogP contribution < -0.4 is 0 Å². The fraction of sp³-hybridized carbons (Fsp3) is 0. The van der Waals surface area contributed by atoms with E-state index < -0.39 is 0 Å². The van der Waals surface area contributed by atoms with Gasteiger partial charge in [0.2, 0.25) is 5.89 Å². The van der Waals surface area contributed by atoms with Crippen molar-refractivity contribution in [2.24, 2.45) is 0 Å². The van der Waals surface area contributed by atoms with Crippen molar-refractivity contribution in [3.8, 4) is 22.7 Å². The summed E-state index contributed by atoms with van der Waals surface area (Å²) in [5.74, 6) is 0.536. The molecule has 2 aromatic heterocycles. The van der Waals surface area contributed by atoms with Crippen molar-refractivity contribution < 1.29 is 8.94 Å². The molecule has 0 unspecified atom stereocenters. The smallest absolute Gasteiger partial charge is 0.228 e. The lowest BCUT2D eigenvalue weighted by molar-refractivity contribution is 0.393. The van der Waals surface area contributed by atoms with Gasteiger partial charge in [-0.25, -0.2) is 4.98 Å². The first-order chi connectivity index (χ1) is 13.9. The number of hydrogen-bond acceptors (Lipinski definition) is 5. The summed E-state index contributed by atoms with van der Waals surface area (Å²) >= 11 is 0. The minimum Gasteiger partial charge on any atom is -0.436 e. The van der Waals surface area contributed by atoms with Crippen LogP contribution in [0.15, 0.2) is 88.0 Å². The summed E-state index contributed by atoms with van der Waals surface area (Å²) in [7, 11) is 0. The SMILES string of the molecule is C(=Cc1cccc(-c2nc3ccccc3o2)c1-c1conn1)c1ccccc1. The molecule has 0 saturated heterocycles. The number of aromatic nitrogens is 3. The van der Waals surface area contributed by atoms with Crippen LogP contribution in [0.5, 0.6) is 0 Å². The summed E-state index contributed by atoms with van der Waals surface area (Å²) in [6.07, 6.45) is 5.63. The Hall–Kier alpha value is -3.99. The molecule has 0 aliphatic rings. The molecule has 0 saturated carbocycles. The van der Waals surface area contributed by atoms with E-state index in [2.05, 4.69) is 33.6 Å². The maximum Gasteiger partial charge on any atom is 0.228 e. The minimum atomic E-state index is 0.536. The van der Waals surface area contributed by atoms with Gasteiger partial charge in [0, 0.05) is 16.4 Å². The van der Waals surface area contributed by atoms with E-state index in [1.165, 1.54) is 6.26 Å². The topological polar surface area (TPSA) is 65.0 Å². The Morgan fingerprint density at radius 2 is 1.64 bits per heavy atom. The molecule has 0 aliphatic carbocycles. The lowest BCUT2D eigenvalue weighted by Crippen LogP contribution is -1.90. The van der Waals surface area contributed by atoms with Crippen LogP contribution in [0.2, 0.25) is 0 Å². The Labute approximate surface area is 160 Å². The highest BCUT2D eigenvalue weighted by Gasteiger charge is 2.18. The highest BCUT2D eigenvalue weighted by molar-refractivity contribution is 5.89. The van der Waals surface area contributed by atoms with Crippen molar-refractivity contribution in [3.05, 3.63) is 90.2 Å².